The van der Waals surface area contributed by atoms with Gasteiger partial charge in [-0.1, -0.05) is 6.92 Å². The molecule has 0 aromatic carbocycles. The van der Waals surface area contributed by atoms with Gasteiger partial charge in [0.1, 0.15) is 12.5 Å². The van der Waals surface area contributed by atoms with Gasteiger partial charge in [0.15, 0.2) is 0 Å². The Balaban J connectivity index is 2.09. The van der Waals surface area contributed by atoms with Gasteiger partial charge in [0.05, 0.1) is 25.0 Å². The smallest absolute Gasteiger partial charge is 0.127 e. The first kappa shape index (κ1) is 14.6. The molecule has 0 radical (unpaired) electrons. The Morgan fingerprint density at radius 3 is 2.90 bits per heavy atom. The van der Waals surface area contributed by atoms with Crippen molar-refractivity contribution in [2.24, 2.45) is 0 Å². The molecule has 0 aliphatic rings. The van der Waals surface area contributed by atoms with Gasteiger partial charge < -0.3 is 5.32 Å². The summed E-state index contributed by atoms with van der Waals surface area (Å²) in [5, 5.41) is 11.9. The zero-order valence-corrected chi connectivity index (χ0v) is 12.3. The van der Waals surface area contributed by atoms with Crippen LogP contribution in [-0.2, 0) is 13.1 Å². The quantitative estimate of drug-likeness (QED) is 0.847. The molecule has 6 heteroatoms. The van der Waals surface area contributed by atoms with Crippen molar-refractivity contribution in [3.63, 3.8) is 0 Å². The van der Waals surface area contributed by atoms with Crippen molar-refractivity contribution in [1.29, 1.82) is 0 Å². The van der Waals surface area contributed by atoms with Crippen LogP contribution in [0.25, 0.3) is 0 Å². The van der Waals surface area contributed by atoms with Crippen LogP contribution in [0.1, 0.15) is 37.6 Å². The van der Waals surface area contributed by atoms with Crippen LogP contribution in [0.5, 0.6) is 0 Å². The summed E-state index contributed by atoms with van der Waals surface area (Å²) < 4.78 is 16.2. The molecule has 1 N–H and O–H groups in total. The minimum absolute atomic E-state index is 0.279. The summed E-state index contributed by atoms with van der Waals surface area (Å²) in [6, 6.07) is 2.38. The molecule has 0 bridgehead atoms. The summed E-state index contributed by atoms with van der Waals surface area (Å²) in [5.74, 6) is 0.875. The average molecular weight is 279 g/mol. The lowest BCUT2D eigenvalue weighted by Crippen LogP contribution is -2.15. The molecule has 0 amide bonds. The third-order valence-electron chi connectivity index (χ3n) is 3.52. The number of alkyl halides is 1. The van der Waals surface area contributed by atoms with E-state index in [0.717, 1.165) is 23.5 Å². The van der Waals surface area contributed by atoms with Gasteiger partial charge in [-0.2, -0.15) is 10.2 Å². The SMILES string of the molecule is CC[C@@H](C)n1nccc1CNc1c(C)cnn1CCF. The molecule has 0 saturated heterocycles. The first-order valence-corrected chi connectivity index (χ1v) is 7.02. The Morgan fingerprint density at radius 2 is 2.20 bits per heavy atom. The Bertz CT molecular complexity index is 546. The normalized spacial score (nSPS) is 12.6. The summed E-state index contributed by atoms with van der Waals surface area (Å²) in [4.78, 5) is 0. The molecule has 2 aromatic heterocycles. The van der Waals surface area contributed by atoms with Crippen molar-refractivity contribution < 1.29 is 4.39 Å². The molecule has 2 rings (SSSR count). The van der Waals surface area contributed by atoms with Gasteiger partial charge in [0, 0.05) is 17.8 Å². The molecule has 2 aromatic rings. The predicted molar refractivity (Wildman–Crippen MR) is 77.5 cm³/mol. The van der Waals surface area contributed by atoms with Crippen LogP contribution in [-0.4, -0.2) is 26.2 Å². The number of anilines is 1. The van der Waals surface area contributed by atoms with Crippen molar-refractivity contribution in [3.8, 4) is 0 Å². The lowest BCUT2D eigenvalue weighted by molar-refractivity contribution is 0.428. The molecule has 0 aliphatic heterocycles. The Kier molecular flexibility index (Phi) is 4.76. The second-order valence-corrected chi connectivity index (χ2v) is 4.97. The number of hydrogen-bond acceptors (Lipinski definition) is 3. The average Bonchev–Trinajstić information content (AvgIpc) is 3.04. The standard InChI is InChI=1S/C14H22FN5/c1-4-12(3)20-13(5-7-17-20)10-16-14-11(2)9-18-19(14)8-6-15/h5,7,9,12,16H,4,6,8,10H2,1-3H3/t12-/m1/s1. The van der Waals surface area contributed by atoms with Crippen LogP contribution >= 0.6 is 0 Å². The molecular weight excluding hydrogens is 257 g/mol. The summed E-state index contributed by atoms with van der Waals surface area (Å²) in [7, 11) is 0. The fraction of sp³-hybridized carbons (Fsp3) is 0.571. The van der Waals surface area contributed by atoms with Gasteiger partial charge in [0.25, 0.3) is 0 Å². The fourth-order valence-corrected chi connectivity index (χ4v) is 2.18. The molecule has 1 atom stereocenters. The highest BCUT2D eigenvalue weighted by molar-refractivity contribution is 5.43. The number of rotatable bonds is 7. The number of aromatic nitrogens is 4. The molecule has 20 heavy (non-hydrogen) atoms. The number of hydrogen-bond donors (Lipinski definition) is 1. The molecule has 0 spiro atoms. The minimum Gasteiger partial charge on any atom is -0.364 e. The third kappa shape index (κ3) is 3.00. The maximum atomic E-state index is 12.5. The van der Waals surface area contributed by atoms with E-state index in [0.29, 0.717) is 12.6 Å². The second kappa shape index (κ2) is 6.54. The molecular formula is C14H22FN5. The minimum atomic E-state index is -0.416. The van der Waals surface area contributed by atoms with Gasteiger partial charge in [-0.15, -0.1) is 0 Å². The monoisotopic (exact) mass is 279 g/mol. The summed E-state index contributed by atoms with van der Waals surface area (Å²) in [6.45, 7) is 6.78. The van der Waals surface area contributed by atoms with Gasteiger partial charge in [0.2, 0.25) is 0 Å². The van der Waals surface area contributed by atoms with Crippen molar-refractivity contribution in [3.05, 3.63) is 29.7 Å². The van der Waals surface area contributed by atoms with Crippen LogP contribution in [0.15, 0.2) is 18.5 Å². The predicted octanol–water partition coefficient (Wildman–Crippen LogP) is 2.94. The van der Waals surface area contributed by atoms with Crippen LogP contribution < -0.4 is 5.32 Å². The molecule has 0 saturated carbocycles. The van der Waals surface area contributed by atoms with Crippen LogP contribution in [0.2, 0.25) is 0 Å². The van der Waals surface area contributed by atoms with Crippen molar-refractivity contribution in [2.75, 3.05) is 12.0 Å². The Morgan fingerprint density at radius 1 is 1.40 bits per heavy atom. The van der Waals surface area contributed by atoms with Crippen molar-refractivity contribution in [2.45, 2.75) is 46.3 Å². The number of nitrogens with one attached hydrogen (secondary N) is 1. The molecule has 0 aliphatic carbocycles. The van der Waals surface area contributed by atoms with Gasteiger partial charge in [-0.05, 0) is 26.3 Å². The fourth-order valence-electron chi connectivity index (χ4n) is 2.18. The van der Waals surface area contributed by atoms with Crippen molar-refractivity contribution >= 4 is 5.82 Å². The van der Waals surface area contributed by atoms with Crippen molar-refractivity contribution in [1.82, 2.24) is 19.6 Å². The van der Waals surface area contributed by atoms with E-state index < -0.39 is 6.67 Å². The van der Waals surface area contributed by atoms with Crippen LogP contribution in [0.4, 0.5) is 10.2 Å². The highest BCUT2D eigenvalue weighted by atomic mass is 19.1. The molecule has 110 valence electrons. The van der Waals surface area contributed by atoms with E-state index in [9.17, 15) is 4.39 Å². The van der Waals surface area contributed by atoms with Gasteiger partial charge in [-0.3, -0.25) is 4.68 Å². The maximum Gasteiger partial charge on any atom is 0.127 e. The highest BCUT2D eigenvalue weighted by Gasteiger charge is 2.11. The maximum absolute atomic E-state index is 12.5. The molecule has 2 heterocycles. The number of nitrogens with zero attached hydrogens (tertiary/aromatic N) is 4. The van der Waals surface area contributed by atoms with E-state index >= 15 is 0 Å². The van der Waals surface area contributed by atoms with E-state index in [-0.39, 0.29) is 6.54 Å². The van der Waals surface area contributed by atoms with Crippen LogP contribution in [0.3, 0.4) is 0 Å². The summed E-state index contributed by atoms with van der Waals surface area (Å²) >= 11 is 0. The molecule has 0 unspecified atom stereocenters. The number of aryl methyl sites for hydroxylation is 2. The van der Waals surface area contributed by atoms with E-state index in [4.69, 9.17) is 0 Å². The summed E-state index contributed by atoms with van der Waals surface area (Å²) in [6.07, 6.45) is 4.60. The number of halogens is 1. The molecule has 5 nitrogen and oxygen atoms in total. The third-order valence-corrected chi connectivity index (χ3v) is 3.52. The van der Waals surface area contributed by atoms with Crippen LogP contribution in [0, 0.1) is 6.92 Å². The second-order valence-electron chi connectivity index (χ2n) is 4.97. The molecule has 0 fully saturated rings. The zero-order valence-electron chi connectivity index (χ0n) is 12.3. The van der Waals surface area contributed by atoms with E-state index in [1.54, 1.807) is 10.9 Å². The lowest BCUT2D eigenvalue weighted by Gasteiger charge is -2.15. The Hall–Kier alpha value is -1.85. The van der Waals surface area contributed by atoms with E-state index in [1.165, 1.54) is 0 Å². The van der Waals surface area contributed by atoms with Gasteiger partial charge >= 0.3 is 0 Å². The summed E-state index contributed by atoms with van der Waals surface area (Å²) in [5.41, 5.74) is 2.14. The topological polar surface area (TPSA) is 47.7 Å². The van der Waals surface area contributed by atoms with Gasteiger partial charge in [-0.25, -0.2) is 9.07 Å². The highest BCUT2D eigenvalue weighted by Crippen LogP contribution is 2.17. The lowest BCUT2D eigenvalue weighted by atomic mass is 10.2. The zero-order chi connectivity index (χ0) is 14.5. The first-order chi connectivity index (χ1) is 9.67. The first-order valence-electron chi connectivity index (χ1n) is 7.02. The Labute approximate surface area is 118 Å². The van der Waals surface area contributed by atoms with E-state index in [2.05, 4.69) is 29.4 Å². The largest absolute Gasteiger partial charge is 0.364 e. The van der Waals surface area contributed by atoms with E-state index in [1.807, 2.05) is 23.9 Å².